The molecule has 6 heteroatoms. The summed E-state index contributed by atoms with van der Waals surface area (Å²) in [7, 11) is 0. The number of aliphatic carboxylic acids is 1. The first-order valence-electron chi connectivity index (χ1n) is 6.21. The highest BCUT2D eigenvalue weighted by atomic mass is 32.1. The molecule has 1 aromatic rings. The molecule has 1 aromatic heterocycles. The third-order valence-corrected chi connectivity index (χ3v) is 3.94. The summed E-state index contributed by atoms with van der Waals surface area (Å²) in [5.74, 6) is -0.832. The van der Waals surface area contributed by atoms with E-state index in [9.17, 15) is 4.79 Å². The lowest BCUT2D eigenvalue weighted by atomic mass is 10.1. The van der Waals surface area contributed by atoms with Gasteiger partial charge in [-0.25, -0.2) is 4.98 Å². The molecule has 2 rings (SSSR count). The van der Waals surface area contributed by atoms with E-state index in [1.165, 1.54) is 11.3 Å². The van der Waals surface area contributed by atoms with Crippen molar-refractivity contribution in [2.45, 2.75) is 32.3 Å². The Kier molecular flexibility index (Phi) is 4.54. The topological polar surface area (TPSA) is 62.7 Å². The van der Waals surface area contributed by atoms with Crippen LogP contribution in [0.15, 0.2) is 5.38 Å². The molecule has 1 fully saturated rings. The lowest BCUT2D eigenvalue weighted by Gasteiger charge is -2.31. The predicted molar refractivity (Wildman–Crippen MR) is 70.3 cm³/mol. The van der Waals surface area contributed by atoms with Crippen molar-refractivity contribution in [3.63, 3.8) is 0 Å². The summed E-state index contributed by atoms with van der Waals surface area (Å²) in [5.41, 5.74) is 0.648. The fourth-order valence-corrected chi connectivity index (χ4v) is 3.01. The van der Waals surface area contributed by atoms with Crippen LogP contribution in [-0.4, -0.2) is 41.9 Å². The van der Waals surface area contributed by atoms with Crippen molar-refractivity contribution in [1.82, 2.24) is 4.98 Å². The molecule has 1 aliphatic rings. The van der Waals surface area contributed by atoms with Gasteiger partial charge in [-0.2, -0.15) is 0 Å². The second-order valence-corrected chi connectivity index (χ2v) is 5.17. The fourth-order valence-electron chi connectivity index (χ4n) is 2.13. The predicted octanol–water partition coefficient (Wildman–Crippen LogP) is 1.78. The van der Waals surface area contributed by atoms with Crippen LogP contribution in [0.5, 0.6) is 0 Å². The van der Waals surface area contributed by atoms with Gasteiger partial charge in [-0.15, -0.1) is 11.3 Å². The third-order valence-electron chi connectivity index (χ3n) is 2.99. The van der Waals surface area contributed by atoms with Crippen LogP contribution in [0.3, 0.4) is 0 Å². The van der Waals surface area contributed by atoms with E-state index in [1.54, 1.807) is 0 Å². The van der Waals surface area contributed by atoms with E-state index in [-0.39, 0.29) is 6.42 Å². The van der Waals surface area contributed by atoms with Crippen LogP contribution in [0.1, 0.15) is 25.5 Å². The summed E-state index contributed by atoms with van der Waals surface area (Å²) < 4.78 is 5.60. The molecule has 5 nitrogen and oxygen atoms in total. The Balaban J connectivity index is 1.89. The standard InChI is InChI=1S/C12H18N2O3S/c1-2-17-10-3-5-14(6-4-10)12-13-9(8-18-12)7-11(15)16/h8,10H,2-7H2,1H3,(H,15,16). The van der Waals surface area contributed by atoms with Crippen LogP contribution in [-0.2, 0) is 16.0 Å². The van der Waals surface area contributed by atoms with E-state index in [0.717, 1.165) is 37.7 Å². The number of hydrogen-bond acceptors (Lipinski definition) is 5. The lowest BCUT2D eigenvalue weighted by Crippen LogP contribution is -2.37. The van der Waals surface area contributed by atoms with E-state index in [0.29, 0.717) is 11.8 Å². The first-order valence-corrected chi connectivity index (χ1v) is 7.09. The SMILES string of the molecule is CCOC1CCN(c2nc(CC(=O)O)cs2)CC1. The number of rotatable bonds is 5. The zero-order valence-electron chi connectivity index (χ0n) is 10.5. The number of nitrogens with zero attached hydrogens (tertiary/aromatic N) is 2. The molecule has 1 aliphatic heterocycles. The minimum Gasteiger partial charge on any atom is -0.481 e. The number of carboxylic acids is 1. The zero-order valence-corrected chi connectivity index (χ0v) is 11.3. The van der Waals surface area contributed by atoms with Gasteiger partial charge in [-0.3, -0.25) is 4.79 Å². The summed E-state index contributed by atoms with van der Waals surface area (Å²) in [4.78, 5) is 17.2. The summed E-state index contributed by atoms with van der Waals surface area (Å²) in [6.45, 7) is 4.66. The fraction of sp³-hybridized carbons (Fsp3) is 0.667. The smallest absolute Gasteiger partial charge is 0.309 e. The van der Waals surface area contributed by atoms with Crippen molar-refractivity contribution < 1.29 is 14.6 Å². The molecule has 0 radical (unpaired) electrons. The van der Waals surface area contributed by atoms with Crippen LogP contribution >= 0.6 is 11.3 Å². The molecule has 100 valence electrons. The first-order chi connectivity index (χ1) is 8.69. The second-order valence-electron chi connectivity index (χ2n) is 4.33. The molecule has 0 bridgehead atoms. The maximum absolute atomic E-state index is 10.6. The molecule has 0 saturated carbocycles. The van der Waals surface area contributed by atoms with Crippen molar-refractivity contribution in [2.75, 3.05) is 24.6 Å². The molecule has 0 aromatic carbocycles. The van der Waals surface area contributed by atoms with E-state index in [4.69, 9.17) is 9.84 Å². The minimum atomic E-state index is -0.832. The van der Waals surface area contributed by atoms with Gasteiger partial charge < -0.3 is 14.7 Å². The van der Waals surface area contributed by atoms with Crippen LogP contribution in [0.2, 0.25) is 0 Å². The highest BCUT2D eigenvalue weighted by molar-refractivity contribution is 7.13. The summed E-state index contributed by atoms with van der Waals surface area (Å²) in [5, 5.41) is 11.5. The van der Waals surface area contributed by atoms with E-state index in [1.807, 2.05) is 12.3 Å². The molecular weight excluding hydrogens is 252 g/mol. The normalized spacial score (nSPS) is 17.1. The van der Waals surface area contributed by atoms with Gasteiger partial charge in [0, 0.05) is 25.1 Å². The summed E-state index contributed by atoms with van der Waals surface area (Å²) >= 11 is 1.52. The number of hydrogen-bond donors (Lipinski definition) is 1. The Hall–Kier alpha value is -1.14. The van der Waals surface area contributed by atoms with E-state index < -0.39 is 5.97 Å². The molecule has 18 heavy (non-hydrogen) atoms. The molecule has 0 atom stereocenters. The van der Waals surface area contributed by atoms with Crippen molar-refractivity contribution in [2.24, 2.45) is 0 Å². The number of carbonyl (C=O) groups is 1. The minimum absolute atomic E-state index is 0.00586. The van der Waals surface area contributed by atoms with Gasteiger partial charge in [0.2, 0.25) is 0 Å². The Morgan fingerprint density at radius 3 is 2.94 bits per heavy atom. The lowest BCUT2D eigenvalue weighted by molar-refractivity contribution is -0.136. The van der Waals surface area contributed by atoms with Gasteiger partial charge in [0.1, 0.15) is 0 Å². The van der Waals surface area contributed by atoms with Crippen LogP contribution in [0.25, 0.3) is 0 Å². The first kappa shape index (κ1) is 13.3. The average Bonchev–Trinajstić information content (AvgIpc) is 2.78. The van der Waals surface area contributed by atoms with Gasteiger partial charge in [0.05, 0.1) is 18.2 Å². The number of anilines is 1. The molecule has 0 amide bonds. The summed E-state index contributed by atoms with van der Waals surface area (Å²) in [6.07, 6.45) is 2.40. The van der Waals surface area contributed by atoms with Gasteiger partial charge >= 0.3 is 5.97 Å². The highest BCUT2D eigenvalue weighted by Gasteiger charge is 2.21. The monoisotopic (exact) mass is 270 g/mol. The number of piperidine rings is 1. The highest BCUT2D eigenvalue weighted by Crippen LogP contribution is 2.25. The Morgan fingerprint density at radius 1 is 1.61 bits per heavy atom. The van der Waals surface area contributed by atoms with Gasteiger partial charge in [0.25, 0.3) is 0 Å². The molecule has 1 saturated heterocycles. The quantitative estimate of drug-likeness (QED) is 0.883. The van der Waals surface area contributed by atoms with Gasteiger partial charge in [-0.05, 0) is 19.8 Å². The van der Waals surface area contributed by atoms with Crippen LogP contribution in [0, 0.1) is 0 Å². The maximum Gasteiger partial charge on any atom is 0.309 e. The Labute approximate surface area is 110 Å². The maximum atomic E-state index is 10.6. The number of thiazole rings is 1. The largest absolute Gasteiger partial charge is 0.481 e. The summed E-state index contributed by atoms with van der Waals surface area (Å²) in [6, 6.07) is 0. The Bertz CT molecular complexity index is 400. The molecule has 0 aliphatic carbocycles. The van der Waals surface area contributed by atoms with E-state index in [2.05, 4.69) is 9.88 Å². The molecule has 2 heterocycles. The van der Waals surface area contributed by atoms with E-state index >= 15 is 0 Å². The second kappa shape index (κ2) is 6.15. The number of aromatic nitrogens is 1. The zero-order chi connectivity index (χ0) is 13.0. The van der Waals surface area contributed by atoms with Crippen molar-refractivity contribution >= 4 is 22.4 Å². The molecule has 0 unspecified atom stereocenters. The third kappa shape index (κ3) is 3.43. The number of carboxylic acid groups (broad SMARTS) is 1. The molecular formula is C12H18N2O3S. The van der Waals surface area contributed by atoms with Crippen LogP contribution < -0.4 is 4.90 Å². The molecule has 1 N–H and O–H groups in total. The van der Waals surface area contributed by atoms with Crippen molar-refractivity contribution in [3.05, 3.63) is 11.1 Å². The molecule has 0 spiro atoms. The number of ether oxygens (including phenoxy) is 1. The van der Waals surface area contributed by atoms with Crippen LogP contribution in [0.4, 0.5) is 5.13 Å². The van der Waals surface area contributed by atoms with Crippen molar-refractivity contribution in [3.8, 4) is 0 Å². The Morgan fingerprint density at radius 2 is 2.33 bits per heavy atom. The van der Waals surface area contributed by atoms with Gasteiger partial charge in [-0.1, -0.05) is 0 Å². The average molecular weight is 270 g/mol. The van der Waals surface area contributed by atoms with Gasteiger partial charge in [0.15, 0.2) is 5.13 Å². The van der Waals surface area contributed by atoms with Crippen molar-refractivity contribution in [1.29, 1.82) is 0 Å².